The zero-order valence-corrected chi connectivity index (χ0v) is 19.1. The number of nitrogens with two attached hydrogens (primary N) is 1. The molecule has 1 aromatic carbocycles. The maximum absolute atomic E-state index is 12.8. The minimum Gasteiger partial charge on any atom is -0.384 e. The number of nitrogen functional groups attached to an aromatic ring is 1. The standard InChI is InChI=1S/C20H23N7O3S2/c1-13-10-23-19(25-26-32(30,31)16-6-4-3-5-7-16)20(29)27(13)12-18(28)22-11-15-8-9-17(21)24-14(15)2/h3-10,26H,11-12H2,1-2H3,(H2,21,24)(H,22,28)(H,23,25). The molecule has 0 radical (unpaired) electrons. The second-order valence-corrected chi connectivity index (χ2v) is 10.0. The Hall–Kier alpha value is -3.35. The molecule has 12 heteroatoms. The Bertz CT molecular complexity index is 1290. The van der Waals surface area contributed by atoms with Crippen LogP contribution in [0.3, 0.4) is 0 Å². The molecular weight excluding hydrogens is 450 g/mol. The van der Waals surface area contributed by atoms with E-state index in [-0.39, 0.29) is 24.8 Å². The highest BCUT2D eigenvalue weighted by atomic mass is 32.8. The molecule has 0 bridgehead atoms. The molecule has 0 aliphatic heterocycles. The molecule has 2 heterocycles. The topological polar surface area (TPSA) is 144 Å². The van der Waals surface area contributed by atoms with Gasteiger partial charge in [-0.05, 0) is 37.6 Å². The number of carbonyl (C=O) groups excluding carboxylic acids is 1. The second-order valence-electron chi connectivity index (χ2n) is 6.94. The van der Waals surface area contributed by atoms with Crippen molar-refractivity contribution in [1.29, 1.82) is 0 Å². The van der Waals surface area contributed by atoms with Crippen LogP contribution in [0.15, 0.2) is 58.4 Å². The summed E-state index contributed by atoms with van der Waals surface area (Å²) in [5.74, 6) is -0.0937. The smallest absolute Gasteiger partial charge is 0.295 e. The largest absolute Gasteiger partial charge is 0.384 e. The Kier molecular flexibility index (Phi) is 7.18. The van der Waals surface area contributed by atoms with Gasteiger partial charge >= 0.3 is 0 Å². The summed E-state index contributed by atoms with van der Waals surface area (Å²) in [6.45, 7) is 3.49. The highest BCUT2D eigenvalue weighted by Gasteiger charge is 2.14. The molecule has 32 heavy (non-hydrogen) atoms. The van der Waals surface area contributed by atoms with Crippen molar-refractivity contribution in [1.82, 2.24) is 24.7 Å². The van der Waals surface area contributed by atoms with Gasteiger partial charge in [0.15, 0.2) is 0 Å². The quantitative estimate of drug-likeness (QED) is 0.352. The number of hydrogen-bond donors (Lipinski definition) is 4. The van der Waals surface area contributed by atoms with Crippen molar-refractivity contribution in [3.8, 4) is 0 Å². The summed E-state index contributed by atoms with van der Waals surface area (Å²) in [6.07, 6.45) is 1.43. The third-order valence-corrected chi connectivity index (χ3v) is 6.70. The summed E-state index contributed by atoms with van der Waals surface area (Å²) in [5.41, 5.74) is 9.64. The molecular formula is C20H23N7O3S2. The molecule has 0 aliphatic carbocycles. The van der Waals surface area contributed by atoms with E-state index in [1.807, 2.05) is 0 Å². The van der Waals surface area contributed by atoms with Gasteiger partial charge in [0.05, 0.1) is 4.90 Å². The van der Waals surface area contributed by atoms with E-state index in [4.69, 9.17) is 16.9 Å². The van der Waals surface area contributed by atoms with Crippen molar-refractivity contribution in [2.75, 3.05) is 11.2 Å². The maximum atomic E-state index is 12.8. The fourth-order valence-electron chi connectivity index (χ4n) is 2.82. The van der Waals surface area contributed by atoms with Crippen molar-refractivity contribution in [3.05, 3.63) is 76.0 Å². The third kappa shape index (κ3) is 5.66. The Morgan fingerprint density at radius 3 is 2.59 bits per heavy atom. The van der Waals surface area contributed by atoms with E-state index in [0.29, 0.717) is 22.1 Å². The van der Waals surface area contributed by atoms with Crippen LogP contribution in [-0.2, 0) is 37.8 Å². The predicted molar refractivity (Wildman–Crippen MR) is 125 cm³/mol. The van der Waals surface area contributed by atoms with Gasteiger partial charge in [-0.3, -0.25) is 19.6 Å². The average Bonchev–Trinajstić information content (AvgIpc) is 2.76. The van der Waals surface area contributed by atoms with Crippen LogP contribution in [0.1, 0.15) is 17.0 Å². The molecule has 0 saturated heterocycles. The number of nitrogens with zero attached hydrogens (tertiary/aromatic N) is 3. The van der Waals surface area contributed by atoms with Crippen LogP contribution < -0.4 is 26.9 Å². The van der Waals surface area contributed by atoms with Crippen LogP contribution in [0, 0.1) is 13.8 Å². The molecule has 2 aromatic heterocycles. The second kappa shape index (κ2) is 9.85. The van der Waals surface area contributed by atoms with E-state index >= 15 is 0 Å². The molecule has 3 aromatic rings. The monoisotopic (exact) mass is 473 g/mol. The van der Waals surface area contributed by atoms with Crippen molar-refractivity contribution in [2.24, 2.45) is 0 Å². The van der Waals surface area contributed by atoms with E-state index in [9.17, 15) is 13.8 Å². The molecule has 3 rings (SSSR count). The highest BCUT2D eigenvalue weighted by molar-refractivity contribution is 8.31. The Labute approximate surface area is 190 Å². The highest BCUT2D eigenvalue weighted by Crippen LogP contribution is 2.09. The Balaban J connectivity index is 1.69. The normalized spacial score (nSPS) is 12.7. The number of rotatable bonds is 8. The summed E-state index contributed by atoms with van der Waals surface area (Å²) < 4.78 is 14.0. The van der Waals surface area contributed by atoms with Crippen molar-refractivity contribution in [2.45, 2.75) is 31.8 Å². The van der Waals surface area contributed by atoms with E-state index in [1.54, 1.807) is 56.3 Å². The summed E-state index contributed by atoms with van der Waals surface area (Å²) in [4.78, 5) is 36.3. The molecule has 5 N–H and O–H groups in total. The molecule has 0 spiro atoms. The fourth-order valence-corrected chi connectivity index (χ4v) is 4.14. The van der Waals surface area contributed by atoms with Crippen LogP contribution in [-0.4, -0.2) is 24.7 Å². The van der Waals surface area contributed by atoms with Gasteiger partial charge < -0.3 is 11.1 Å². The number of anilines is 2. The summed E-state index contributed by atoms with van der Waals surface area (Å²) in [7, 11) is -3.08. The first kappa shape index (κ1) is 23.3. The third-order valence-electron chi connectivity index (χ3n) is 4.61. The van der Waals surface area contributed by atoms with Crippen molar-refractivity contribution >= 4 is 37.4 Å². The van der Waals surface area contributed by atoms with Gasteiger partial charge in [0, 0.05) is 35.3 Å². The maximum Gasteiger partial charge on any atom is 0.295 e. The Morgan fingerprint density at radius 2 is 1.91 bits per heavy atom. The minimum atomic E-state index is -3.08. The van der Waals surface area contributed by atoms with Gasteiger partial charge in [-0.2, -0.15) is 0 Å². The van der Waals surface area contributed by atoms with Crippen LogP contribution >= 0.6 is 0 Å². The zero-order chi connectivity index (χ0) is 23.3. The lowest BCUT2D eigenvalue weighted by atomic mass is 10.2. The molecule has 0 saturated carbocycles. The number of nitrogens with one attached hydrogen (secondary N) is 3. The van der Waals surface area contributed by atoms with Gasteiger partial charge in [-0.25, -0.2) is 14.2 Å². The SMILES string of the molecule is Cc1nc(N)ccc1CNC(=O)Cn1c(C)cnc(NNS(=O)(=S)c2ccccc2)c1=O. The number of amides is 1. The number of hydrazine groups is 1. The molecule has 1 atom stereocenters. The number of benzene rings is 1. The molecule has 168 valence electrons. The van der Waals surface area contributed by atoms with E-state index < -0.39 is 14.2 Å². The lowest BCUT2D eigenvalue weighted by Gasteiger charge is -2.14. The molecule has 0 fully saturated rings. The average molecular weight is 474 g/mol. The summed E-state index contributed by atoms with van der Waals surface area (Å²) >= 11 is 5.12. The van der Waals surface area contributed by atoms with Crippen LogP contribution in [0.5, 0.6) is 0 Å². The number of hydrogen-bond acceptors (Lipinski definition) is 8. The van der Waals surface area contributed by atoms with Gasteiger partial charge in [0.2, 0.25) is 11.7 Å². The first-order valence-electron chi connectivity index (χ1n) is 9.55. The number of pyridine rings is 1. The fraction of sp³-hybridized carbons (Fsp3) is 0.200. The zero-order valence-electron chi connectivity index (χ0n) is 17.5. The van der Waals surface area contributed by atoms with E-state index in [2.05, 4.69) is 25.5 Å². The van der Waals surface area contributed by atoms with Gasteiger partial charge in [-0.1, -0.05) is 24.3 Å². The number of aryl methyl sites for hydroxylation is 2. The predicted octanol–water partition coefficient (Wildman–Crippen LogP) is 0.791. The van der Waals surface area contributed by atoms with Crippen LogP contribution in [0.2, 0.25) is 0 Å². The van der Waals surface area contributed by atoms with Crippen LogP contribution in [0.4, 0.5) is 11.6 Å². The van der Waals surface area contributed by atoms with Crippen molar-refractivity contribution < 1.29 is 9.00 Å². The lowest BCUT2D eigenvalue weighted by Crippen LogP contribution is -2.37. The van der Waals surface area contributed by atoms with E-state index in [0.717, 1.165) is 5.56 Å². The lowest BCUT2D eigenvalue weighted by molar-refractivity contribution is -0.121. The van der Waals surface area contributed by atoms with Gasteiger partial charge in [0.1, 0.15) is 21.0 Å². The first-order valence-corrected chi connectivity index (χ1v) is 12.0. The molecule has 1 amide bonds. The first-order chi connectivity index (χ1) is 15.2. The Morgan fingerprint density at radius 1 is 1.19 bits per heavy atom. The number of aromatic nitrogens is 3. The van der Waals surface area contributed by atoms with Crippen LogP contribution in [0.25, 0.3) is 0 Å². The van der Waals surface area contributed by atoms with Crippen molar-refractivity contribution in [3.63, 3.8) is 0 Å². The molecule has 10 nitrogen and oxygen atoms in total. The molecule has 0 aliphatic rings. The molecule has 1 unspecified atom stereocenters. The number of carbonyl (C=O) groups is 1. The minimum absolute atomic E-state index is 0.129. The van der Waals surface area contributed by atoms with Gasteiger partial charge in [0.25, 0.3) is 5.56 Å². The van der Waals surface area contributed by atoms with Gasteiger partial charge in [-0.15, -0.1) is 4.83 Å². The summed E-state index contributed by atoms with van der Waals surface area (Å²) in [6, 6.07) is 11.9. The summed E-state index contributed by atoms with van der Waals surface area (Å²) in [5, 5.41) is 2.76. The van der Waals surface area contributed by atoms with E-state index in [1.165, 1.54) is 10.8 Å².